The number of aromatic nitrogens is 1. The predicted molar refractivity (Wildman–Crippen MR) is 44.1 cm³/mol. The van der Waals surface area contributed by atoms with Crippen LogP contribution in [0, 0.1) is 0 Å². The van der Waals surface area contributed by atoms with Gasteiger partial charge in [-0.3, -0.25) is 4.98 Å². The Morgan fingerprint density at radius 1 is 1.29 bits per heavy atom. The van der Waals surface area contributed by atoms with Crippen molar-refractivity contribution in [3.8, 4) is 0 Å². The minimum atomic E-state index is -4.66. The summed E-state index contributed by atoms with van der Waals surface area (Å²) in [5.41, 5.74) is -1.79. The monoisotopic (exact) mass is 225 g/mol. The first-order valence-electron chi connectivity index (χ1n) is 3.41. The first-order valence-corrected chi connectivity index (χ1v) is 3.79. The molecule has 1 heterocycles. The Labute approximate surface area is 82.3 Å². The van der Waals surface area contributed by atoms with E-state index in [4.69, 9.17) is 21.6 Å². The molecule has 0 fully saturated rings. The SMILES string of the molecule is OB(O)c1cc(Cl)cc(C(F)(F)F)n1. The Bertz CT molecular complexity index is 344. The van der Waals surface area contributed by atoms with E-state index in [0.29, 0.717) is 6.07 Å². The van der Waals surface area contributed by atoms with Gasteiger partial charge in [-0.25, -0.2) is 0 Å². The zero-order chi connectivity index (χ0) is 10.9. The maximum absolute atomic E-state index is 12.1. The van der Waals surface area contributed by atoms with Gasteiger partial charge in [0.2, 0.25) is 0 Å². The summed E-state index contributed by atoms with van der Waals surface area (Å²) in [7, 11) is -2.07. The second-order valence-corrected chi connectivity index (χ2v) is 2.90. The lowest BCUT2D eigenvalue weighted by molar-refractivity contribution is -0.141. The summed E-state index contributed by atoms with van der Waals surface area (Å²) in [6, 6.07) is 1.55. The fourth-order valence-electron chi connectivity index (χ4n) is 0.795. The number of alkyl halides is 3. The van der Waals surface area contributed by atoms with Crippen molar-refractivity contribution in [2.24, 2.45) is 0 Å². The van der Waals surface area contributed by atoms with Crippen LogP contribution in [0.15, 0.2) is 12.1 Å². The molecule has 14 heavy (non-hydrogen) atoms. The maximum Gasteiger partial charge on any atom is 0.508 e. The van der Waals surface area contributed by atoms with Gasteiger partial charge in [0.1, 0.15) is 5.69 Å². The molecule has 0 aliphatic heterocycles. The Morgan fingerprint density at radius 2 is 1.86 bits per heavy atom. The standard InChI is InChI=1S/C6H4BClF3NO2/c8-3-1-4(6(9,10)11)12-5(2-3)7(13)14/h1-2,13-14H. The molecule has 1 aromatic heterocycles. The molecule has 2 N–H and O–H groups in total. The first kappa shape index (κ1) is 11.3. The third-order valence-electron chi connectivity index (χ3n) is 1.36. The molecule has 0 aliphatic rings. The van der Waals surface area contributed by atoms with Crippen LogP contribution in [0.3, 0.4) is 0 Å². The molecule has 0 saturated carbocycles. The van der Waals surface area contributed by atoms with Crippen LogP contribution in [0.1, 0.15) is 5.69 Å². The third kappa shape index (κ3) is 2.60. The van der Waals surface area contributed by atoms with Gasteiger partial charge in [0.05, 0.1) is 5.59 Å². The van der Waals surface area contributed by atoms with Crippen molar-refractivity contribution in [1.82, 2.24) is 4.98 Å². The molecule has 0 bridgehead atoms. The average Bonchev–Trinajstić information content (AvgIpc) is 2.01. The summed E-state index contributed by atoms with van der Waals surface area (Å²) in [6.07, 6.45) is -4.66. The summed E-state index contributed by atoms with van der Waals surface area (Å²) in [5, 5.41) is 17.0. The lowest BCUT2D eigenvalue weighted by Crippen LogP contribution is -2.34. The van der Waals surface area contributed by atoms with E-state index >= 15 is 0 Å². The summed E-state index contributed by atoms with van der Waals surface area (Å²) in [6.45, 7) is 0. The van der Waals surface area contributed by atoms with E-state index in [-0.39, 0.29) is 5.02 Å². The van der Waals surface area contributed by atoms with E-state index in [9.17, 15) is 13.2 Å². The normalized spacial score (nSPS) is 11.6. The van der Waals surface area contributed by atoms with E-state index in [2.05, 4.69) is 4.98 Å². The van der Waals surface area contributed by atoms with Crippen LogP contribution in [0.5, 0.6) is 0 Å². The Kier molecular flexibility index (Phi) is 3.03. The zero-order valence-electron chi connectivity index (χ0n) is 6.59. The molecule has 1 rings (SSSR count). The van der Waals surface area contributed by atoms with Gasteiger partial charge in [-0.2, -0.15) is 13.2 Å². The maximum atomic E-state index is 12.1. The van der Waals surface area contributed by atoms with Crippen LogP contribution in [-0.4, -0.2) is 22.2 Å². The number of pyridine rings is 1. The van der Waals surface area contributed by atoms with Gasteiger partial charge >= 0.3 is 13.3 Å². The van der Waals surface area contributed by atoms with Gasteiger partial charge in [-0.05, 0) is 12.1 Å². The van der Waals surface area contributed by atoms with Crippen molar-refractivity contribution < 1.29 is 23.2 Å². The Morgan fingerprint density at radius 3 is 2.29 bits per heavy atom. The van der Waals surface area contributed by atoms with Crippen molar-refractivity contribution in [2.75, 3.05) is 0 Å². The van der Waals surface area contributed by atoms with Crippen LogP contribution in [0.2, 0.25) is 5.02 Å². The predicted octanol–water partition coefficient (Wildman–Crippen LogP) is 0.434. The quantitative estimate of drug-likeness (QED) is 0.682. The zero-order valence-corrected chi connectivity index (χ0v) is 7.34. The average molecular weight is 225 g/mol. The topological polar surface area (TPSA) is 53.4 Å². The largest absolute Gasteiger partial charge is 0.508 e. The van der Waals surface area contributed by atoms with Gasteiger partial charge < -0.3 is 10.0 Å². The lowest BCUT2D eigenvalue weighted by Gasteiger charge is -2.07. The molecular formula is C6H4BClF3NO2. The Balaban J connectivity index is 3.21. The highest BCUT2D eigenvalue weighted by Crippen LogP contribution is 2.28. The van der Waals surface area contributed by atoms with Gasteiger partial charge in [-0.1, -0.05) is 11.6 Å². The van der Waals surface area contributed by atoms with E-state index in [1.807, 2.05) is 0 Å². The van der Waals surface area contributed by atoms with Crippen molar-refractivity contribution in [3.63, 3.8) is 0 Å². The summed E-state index contributed by atoms with van der Waals surface area (Å²) in [4.78, 5) is 2.99. The molecule has 0 aromatic carbocycles. The van der Waals surface area contributed by atoms with Crippen molar-refractivity contribution in [1.29, 1.82) is 0 Å². The van der Waals surface area contributed by atoms with Crippen molar-refractivity contribution in [2.45, 2.75) is 6.18 Å². The number of nitrogens with zero attached hydrogens (tertiary/aromatic N) is 1. The molecule has 0 aliphatic carbocycles. The van der Waals surface area contributed by atoms with Crippen LogP contribution in [-0.2, 0) is 6.18 Å². The second kappa shape index (κ2) is 3.76. The third-order valence-corrected chi connectivity index (χ3v) is 1.58. The second-order valence-electron chi connectivity index (χ2n) is 2.47. The number of rotatable bonds is 1. The molecular weight excluding hydrogens is 221 g/mol. The molecule has 8 heteroatoms. The molecule has 76 valence electrons. The molecule has 1 aromatic rings. The molecule has 3 nitrogen and oxygen atoms in total. The molecule has 0 spiro atoms. The van der Waals surface area contributed by atoms with E-state index in [1.54, 1.807) is 0 Å². The summed E-state index contributed by atoms with van der Waals surface area (Å²) >= 11 is 5.34. The number of halogens is 4. The first-order chi connectivity index (χ1) is 6.30. The lowest BCUT2D eigenvalue weighted by atomic mass is 9.85. The van der Waals surface area contributed by atoms with Crippen LogP contribution >= 0.6 is 11.6 Å². The molecule has 0 radical (unpaired) electrons. The summed E-state index contributed by atoms with van der Waals surface area (Å²) in [5.74, 6) is 0. The van der Waals surface area contributed by atoms with Gasteiger partial charge in [0, 0.05) is 5.02 Å². The Hall–Kier alpha value is -0.785. The fraction of sp³-hybridized carbons (Fsp3) is 0.167. The highest BCUT2D eigenvalue weighted by atomic mass is 35.5. The molecule has 0 amide bonds. The number of hydrogen-bond donors (Lipinski definition) is 2. The van der Waals surface area contributed by atoms with Gasteiger partial charge in [0.15, 0.2) is 0 Å². The molecule has 0 atom stereocenters. The van der Waals surface area contributed by atoms with Gasteiger partial charge in [0.25, 0.3) is 0 Å². The van der Waals surface area contributed by atoms with Crippen LogP contribution in [0.4, 0.5) is 13.2 Å². The van der Waals surface area contributed by atoms with E-state index < -0.39 is 24.6 Å². The van der Waals surface area contributed by atoms with Crippen LogP contribution < -0.4 is 5.59 Å². The van der Waals surface area contributed by atoms with Crippen molar-refractivity contribution >= 4 is 24.3 Å². The number of hydrogen-bond acceptors (Lipinski definition) is 3. The molecule has 0 saturated heterocycles. The van der Waals surface area contributed by atoms with Gasteiger partial charge in [-0.15, -0.1) is 0 Å². The minimum Gasteiger partial charge on any atom is -0.422 e. The van der Waals surface area contributed by atoms with E-state index in [1.165, 1.54) is 0 Å². The van der Waals surface area contributed by atoms with Crippen LogP contribution in [0.25, 0.3) is 0 Å². The molecule has 0 unspecified atom stereocenters. The minimum absolute atomic E-state index is 0.254. The smallest absolute Gasteiger partial charge is 0.422 e. The highest BCUT2D eigenvalue weighted by Gasteiger charge is 2.34. The fourth-order valence-corrected chi connectivity index (χ4v) is 1.01. The van der Waals surface area contributed by atoms with Crippen molar-refractivity contribution in [3.05, 3.63) is 22.8 Å². The highest BCUT2D eigenvalue weighted by molar-refractivity contribution is 6.57. The summed E-state index contributed by atoms with van der Waals surface area (Å²) < 4.78 is 36.4. The van der Waals surface area contributed by atoms with E-state index in [0.717, 1.165) is 6.07 Å².